The Morgan fingerprint density at radius 1 is 1.05 bits per heavy atom. The Kier molecular flexibility index (Phi) is 9.46. The van der Waals surface area contributed by atoms with Crippen LogP contribution in [0.25, 0.3) is 0 Å². The molecule has 1 nitrogen and oxygen atoms in total. The van der Waals surface area contributed by atoms with E-state index in [0.717, 1.165) is 6.71 Å². The van der Waals surface area contributed by atoms with Gasteiger partial charge < -0.3 is 0 Å². The second kappa shape index (κ2) is 8.85. The minimum atomic E-state index is -2.20. The van der Waals surface area contributed by atoms with Crippen molar-refractivity contribution >= 4 is 43.9 Å². The zero-order chi connectivity index (χ0) is 16.1. The van der Waals surface area contributed by atoms with Gasteiger partial charge in [-0.05, 0) is 0 Å². The molecule has 1 atom stereocenters. The van der Waals surface area contributed by atoms with Crippen molar-refractivity contribution in [3.63, 3.8) is 0 Å². The first-order valence-electron chi connectivity index (χ1n) is 8.41. The Morgan fingerprint density at radius 2 is 1.55 bits per heavy atom. The number of hydrogen-bond acceptors (Lipinski definition) is 1. The summed E-state index contributed by atoms with van der Waals surface area (Å²) < 4.78 is 9.75. The quantitative estimate of drug-likeness (QED) is 0.384. The third kappa shape index (κ3) is 6.64. The summed E-state index contributed by atoms with van der Waals surface area (Å²) in [6.07, 6.45) is 2.84. The van der Waals surface area contributed by atoms with Crippen molar-refractivity contribution in [2.24, 2.45) is 0 Å². The van der Waals surface area contributed by atoms with E-state index in [1.807, 2.05) is 0 Å². The Labute approximate surface area is 137 Å². The summed E-state index contributed by atoms with van der Waals surface area (Å²) in [6.45, 7) is 12.5. The molecule has 20 heavy (non-hydrogen) atoms. The molecule has 0 aromatic rings. The van der Waals surface area contributed by atoms with Gasteiger partial charge >= 0.3 is 139 Å². The average Bonchev–Trinajstić information content (AvgIpc) is 2.32. The van der Waals surface area contributed by atoms with E-state index in [4.69, 9.17) is 3.07 Å². The van der Waals surface area contributed by atoms with Crippen molar-refractivity contribution in [1.29, 1.82) is 0 Å². The third-order valence-corrected chi connectivity index (χ3v) is 18.8. The topological polar surface area (TPSA) is 9.23 Å². The van der Waals surface area contributed by atoms with E-state index in [0.29, 0.717) is 6.10 Å². The van der Waals surface area contributed by atoms with Gasteiger partial charge in [0, 0.05) is 0 Å². The van der Waals surface area contributed by atoms with Crippen molar-refractivity contribution in [3.05, 3.63) is 9.06 Å². The first-order chi connectivity index (χ1) is 9.00. The summed E-state index contributed by atoms with van der Waals surface area (Å²) in [7, 11) is 0. The zero-order valence-electron chi connectivity index (χ0n) is 15.7. The van der Waals surface area contributed by atoms with Gasteiger partial charge in [0.15, 0.2) is 0 Å². The molecule has 0 N–H and O–H groups in total. The van der Waals surface area contributed by atoms with Crippen LogP contribution in [0.4, 0.5) is 0 Å². The fourth-order valence-corrected chi connectivity index (χ4v) is 15.5. The van der Waals surface area contributed by atoms with E-state index in [-0.39, 0.29) is 0 Å². The Morgan fingerprint density at radius 3 is 1.85 bits per heavy atom. The Balaban J connectivity index is 5.77. The van der Waals surface area contributed by atoms with E-state index >= 15 is 0 Å². The standard InChI is InChI=1S/C9H17BO.C2H5.5CH3.2Sn/c1-5-9(7-8(3)11)10(4)6-2;1-2;;;;;;;/h8H,5-6H2,1-4H3;1H2,2H3;5*1H3;;/q-1;;;;;;;;+1. The van der Waals surface area contributed by atoms with E-state index in [9.17, 15) is 0 Å². The number of allylic oxidation sites excluding steroid dienone is 1. The molecule has 4 heteroatoms. The van der Waals surface area contributed by atoms with E-state index in [2.05, 4.69) is 59.2 Å². The average molecular weight is 494 g/mol. The second-order valence-corrected chi connectivity index (χ2v) is 34.8. The molecule has 0 amide bonds. The van der Waals surface area contributed by atoms with E-state index < -0.39 is 37.2 Å². The fourth-order valence-electron chi connectivity index (χ4n) is 3.08. The SMILES string of the molecule is CCB(C)/C(CC)=[C](/C(C)[O][Sn]([CH3])([CH3])[CH3])[Sn]([CH3])([CH3])[CH2]C. The predicted molar refractivity (Wildman–Crippen MR) is 101 cm³/mol. The molecule has 0 aromatic heterocycles. The zero-order valence-corrected chi connectivity index (χ0v) is 21.4. The molecule has 0 heterocycles. The molecule has 0 aliphatic rings. The summed E-state index contributed by atoms with van der Waals surface area (Å²) in [5, 5.41) is 0. The molecule has 0 radical (unpaired) electrons. The summed E-state index contributed by atoms with van der Waals surface area (Å²) in [4.78, 5) is 12.3. The van der Waals surface area contributed by atoms with Gasteiger partial charge in [-0.1, -0.05) is 0 Å². The molecule has 0 aliphatic heterocycles. The fraction of sp³-hybridized carbons (Fsp3) is 0.875. The number of hydrogen-bond donors (Lipinski definition) is 0. The van der Waals surface area contributed by atoms with Crippen molar-refractivity contribution in [2.45, 2.75) is 82.5 Å². The molecular formula is C16H37BOSn2. The second-order valence-electron chi connectivity index (χ2n) is 7.71. The van der Waals surface area contributed by atoms with Gasteiger partial charge in [0.2, 0.25) is 0 Å². The van der Waals surface area contributed by atoms with Gasteiger partial charge in [-0.15, -0.1) is 0 Å². The van der Waals surface area contributed by atoms with Crippen LogP contribution >= 0.6 is 0 Å². The van der Waals surface area contributed by atoms with Gasteiger partial charge in [-0.2, -0.15) is 0 Å². The Hall–Kier alpha value is 1.36. The molecule has 0 aromatic carbocycles. The van der Waals surface area contributed by atoms with Gasteiger partial charge in [-0.25, -0.2) is 0 Å². The van der Waals surface area contributed by atoms with Crippen LogP contribution in [0.15, 0.2) is 9.06 Å². The van der Waals surface area contributed by atoms with Crippen molar-refractivity contribution in [2.75, 3.05) is 0 Å². The Bertz CT molecular complexity index is 332. The summed E-state index contributed by atoms with van der Waals surface area (Å²) in [5.41, 5.74) is 1.73. The molecule has 118 valence electrons. The maximum atomic E-state index is 6.57. The van der Waals surface area contributed by atoms with E-state index in [1.54, 1.807) is 9.06 Å². The molecule has 0 aliphatic carbocycles. The molecule has 0 saturated carbocycles. The third-order valence-electron chi connectivity index (χ3n) is 4.48. The summed E-state index contributed by atoms with van der Waals surface area (Å²) >= 11 is -4.36. The molecule has 1 unspecified atom stereocenters. The van der Waals surface area contributed by atoms with Crippen molar-refractivity contribution in [1.82, 2.24) is 0 Å². The van der Waals surface area contributed by atoms with Crippen LogP contribution in [0.1, 0.15) is 34.1 Å². The van der Waals surface area contributed by atoms with E-state index in [1.165, 1.54) is 17.2 Å². The molecule has 0 bridgehead atoms. The van der Waals surface area contributed by atoms with Crippen molar-refractivity contribution < 1.29 is 3.07 Å². The molecule has 0 spiro atoms. The summed E-state index contributed by atoms with van der Waals surface area (Å²) in [6, 6.07) is 0. The molecule has 0 saturated heterocycles. The van der Waals surface area contributed by atoms with Gasteiger partial charge in [-0.3, -0.25) is 0 Å². The van der Waals surface area contributed by atoms with Crippen LogP contribution in [0.3, 0.4) is 0 Å². The molecular weight excluding hydrogens is 456 g/mol. The van der Waals surface area contributed by atoms with Crippen LogP contribution in [-0.2, 0) is 3.07 Å². The van der Waals surface area contributed by atoms with Crippen LogP contribution < -0.4 is 0 Å². The van der Waals surface area contributed by atoms with Crippen LogP contribution in [0, 0.1) is 0 Å². The van der Waals surface area contributed by atoms with Crippen LogP contribution in [0.5, 0.6) is 0 Å². The monoisotopic (exact) mass is 496 g/mol. The minimum absolute atomic E-state index is 0.375. The van der Waals surface area contributed by atoms with Gasteiger partial charge in [0.05, 0.1) is 0 Å². The van der Waals surface area contributed by atoms with Gasteiger partial charge in [0.25, 0.3) is 0 Å². The predicted octanol–water partition coefficient (Wildman–Crippen LogP) is 5.88. The first kappa shape index (κ1) is 21.4. The van der Waals surface area contributed by atoms with Crippen LogP contribution in [-0.4, -0.2) is 50.0 Å². The summed E-state index contributed by atoms with van der Waals surface area (Å²) in [5.74, 6) is 0. The first-order valence-corrected chi connectivity index (χ1v) is 27.3. The molecule has 0 fully saturated rings. The van der Waals surface area contributed by atoms with Gasteiger partial charge in [0.1, 0.15) is 0 Å². The molecule has 0 rings (SSSR count). The van der Waals surface area contributed by atoms with Crippen molar-refractivity contribution in [3.8, 4) is 0 Å². The number of rotatable bonds is 8. The van der Waals surface area contributed by atoms with Crippen LogP contribution in [0.2, 0.25) is 42.3 Å². The maximum absolute atomic E-state index is 6.57. The normalized spacial score (nSPS) is 15.9.